The summed E-state index contributed by atoms with van der Waals surface area (Å²) in [5.41, 5.74) is 5.42. The third-order valence-electron chi connectivity index (χ3n) is 2.46. The fraction of sp³-hybridized carbons (Fsp3) is 0.600. The predicted octanol–water partition coefficient (Wildman–Crippen LogP) is 0.683. The Bertz CT molecular complexity index is 498. The van der Waals surface area contributed by atoms with Gasteiger partial charge in [-0.2, -0.15) is 4.31 Å². The first-order valence-electron chi connectivity index (χ1n) is 5.38. The third-order valence-corrected chi connectivity index (χ3v) is 5.17. The molecule has 0 atom stereocenters. The van der Waals surface area contributed by atoms with Gasteiger partial charge in [0.15, 0.2) is 4.67 Å². The van der Waals surface area contributed by atoms with Crippen LogP contribution in [-0.4, -0.2) is 51.9 Å². The predicted molar refractivity (Wildman–Crippen MR) is 72.7 cm³/mol. The van der Waals surface area contributed by atoms with Crippen LogP contribution in [0.5, 0.6) is 0 Å². The van der Waals surface area contributed by atoms with E-state index in [1.54, 1.807) is 7.05 Å². The fourth-order valence-electron chi connectivity index (χ4n) is 1.30. The Hall–Kier alpha value is -0.410. The smallest absolute Gasteiger partial charge is 0.247 e. The van der Waals surface area contributed by atoms with Gasteiger partial charge in [-0.25, -0.2) is 8.42 Å². The summed E-state index contributed by atoms with van der Waals surface area (Å²) >= 11 is 3.10. The summed E-state index contributed by atoms with van der Waals surface area (Å²) < 4.78 is 31.2. The van der Waals surface area contributed by atoms with Crippen molar-refractivity contribution in [3.05, 3.63) is 16.5 Å². The minimum Gasteiger partial charge on any atom is -0.452 e. The number of nitrogens with two attached hydrogens (primary N) is 1. The van der Waals surface area contributed by atoms with Crippen LogP contribution in [0.1, 0.15) is 5.76 Å². The lowest BCUT2D eigenvalue weighted by molar-refractivity contribution is 0.358. The van der Waals surface area contributed by atoms with Gasteiger partial charge in [0.05, 0.1) is 6.54 Å². The zero-order valence-electron chi connectivity index (χ0n) is 10.7. The molecule has 0 radical (unpaired) electrons. The van der Waals surface area contributed by atoms with Gasteiger partial charge in [0, 0.05) is 26.2 Å². The van der Waals surface area contributed by atoms with E-state index in [4.69, 9.17) is 10.2 Å². The van der Waals surface area contributed by atoms with E-state index in [1.165, 1.54) is 10.4 Å². The van der Waals surface area contributed by atoms with Gasteiger partial charge in [-0.1, -0.05) is 0 Å². The topological polar surface area (TPSA) is 79.8 Å². The lowest BCUT2D eigenvalue weighted by Gasteiger charge is -2.18. The second kappa shape index (κ2) is 6.16. The monoisotopic (exact) mass is 339 g/mol. The van der Waals surface area contributed by atoms with Crippen LogP contribution in [0.4, 0.5) is 0 Å². The molecule has 0 spiro atoms. The Morgan fingerprint density at radius 1 is 1.33 bits per heavy atom. The molecule has 104 valence electrons. The van der Waals surface area contributed by atoms with Crippen LogP contribution < -0.4 is 5.73 Å². The van der Waals surface area contributed by atoms with Gasteiger partial charge in [-0.3, -0.25) is 0 Å². The van der Waals surface area contributed by atoms with E-state index in [-0.39, 0.29) is 16.1 Å². The minimum atomic E-state index is -3.54. The zero-order valence-corrected chi connectivity index (χ0v) is 13.1. The zero-order chi connectivity index (χ0) is 13.9. The van der Waals surface area contributed by atoms with Crippen LogP contribution >= 0.6 is 15.9 Å². The Morgan fingerprint density at radius 2 is 1.94 bits per heavy atom. The van der Waals surface area contributed by atoms with Crippen LogP contribution in [0.25, 0.3) is 0 Å². The highest BCUT2D eigenvalue weighted by Gasteiger charge is 2.26. The molecule has 0 aliphatic heterocycles. The molecule has 0 amide bonds. The molecule has 1 heterocycles. The van der Waals surface area contributed by atoms with Crippen LogP contribution in [0.3, 0.4) is 0 Å². The van der Waals surface area contributed by atoms with Crippen molar-refractivity contribution >= 4 is 26.0 Å². The Balaban J connectivity index is 2.94. The Labute approximate surface area is 116 Å². The molecule has 2 N–H and O–H groups in total. The number of halogens is 1. The Kier molecular flexibility index (Phi) is 5.35. The standard InChI is InChI=1S/C10H18BrN3O3S/c1-13(2)4-5-14(3)18(15,16)9-6-8(7-12)17-10(9)11/h6H,4-5,7,12H2,1-3H3. The van der Waals surface area contributed by atoms with E-state index >= 15 is 0 Å². The van der Waals surface area contributed by atoms with Crippen molar-refractivity contribution in [1.82, 2.24) is 9.21 Å². The number of hydrogen-bond acceptors (Lipinski definition) is 5. The molecule has 0 saturated carbocycles. The molecule has 1 rings (SSSR count). The molecule has 0 saturated heterocycles. The average Bonchev–Trinajstić information content (AvgIpc) is 2.67. The molecule has 0 aliphatic carbocycles. The molecule has 6 nitrogen and oxygen atoms in total. The van der Waals surface area contributed by atoms with Gasteiger partial charge < -0.3 is 15.1 Å². The number of sulfonamides is 1. The molecular weight excluding hydrogens is 322 g/mol. The summed E-state index contributed by atoms with van der Waals surface area (Å²) in [4.78, 5) is 2.03. The number of furan rings is 1. The van der Waals surface area contributed by atoms with Gasteiger partial charge in [0.1, 0.15) is 10.7 Å². The van der Waals surface area contributed by atoms with Crippen molar-refractivity contribution in [3.8, 4) is 0 Å². The minimum absolute atomic E-state index is 0.115. The molecule has 18 heavy (non-hydrogen) atoms. The lowest BCUT2D eigenvalue weighted by Crippen LogP contribution is -2.33. The summed E-state index contributed by atoms with van der Waals surface area (Å²) in [7, 11) is 1.78. The van der Waals surface area contributed by atoms with Crippen LogP contribution in [-0.2, 0) is 16.6 Å². The average molecular weight is 340 g/mol. The maximum atomic E-state index is 12.3. The van der Waals surface area contributed by atoms with Gasteiger partial charge in [-0.05, 0) is 30.0 Å². The number of nitrogens with zero attached hydrogens (tertiary/aromatic N) is 2. The molecule has 1 aromatic heterocycles. The summed E-state index contributed by atoms with van der Waals surface area (Å²) in [6.07, 6.45) is 0. The van der Waals surface area contributed by atoms with E-state index < -0.39 is 10.0 Å². The molecule has 0 unspecified atom stereocenters. The second-order valence-corrected chi connectivity index (χ2v) is 6.92. The van der Waals surface area contributed by atoms with Gasteiger partial charge in [0.25, 0.3) is 0 Å². The van der Waals surface area contributed by atoms with Crippen molar-refractivity contribution < 1.29 is 12.8 Å². The van der Waals surface area contributed by atoms with E-state index in [2.05, 4.69) is 15.9 Å². The SMILES string of the molecule is CN(C)CCN(C)S(=O)(=O)c1cc(CN)oc1Br. The van der Waals surface area contributed by atoms with Crippen LogP contribution in [0.15, 0.2) is 20.0 Å². The molecule has 0 aliphatic rings. The molecule has 0 aromatic carbocycles. The van der Waals surface area contributed by atoms with E-state index in [9.17, 15) is 8.42 Å². The van der Waals surface area contributed by atoms with Crippen molar-refractivity contribution in [3.63, 3.8) is 0 Å². The van der Waals surface area contributed by atoms with Crippen molar-refractivity contribution in [2.45, 2.75) is 11.4 Å². The van der Waals surface area contributed by atoms with Crippen molar-refractivity contribution in [2.75, 3.05) is 34.2 Å². The molecular formula is C10H18BrN3O3S. The largest absolute Gasteiger partial charge is 0.452 e. The third kappa shape index (κ3) is 3.55. The number of rotatable bonds is 6. The first-order chi connectivity index (χ1) is 8.28. The summed E-state index contributed by atoms with van der Waals surface area (Å²) in [6.45, 7) is 1.22. The first kappa shape index (κ1) is 15.6. The van der Waals surface area contributed by atoms with E-state index in [0.29, 0.717) is 18.8 Å². The maximum absolute atomic E-state index is 12.3. The number of hydrogen-bond donors (Lipinski definition) is 1. The normalized spacial score (nSPS) is 12.6. The highest BCUT2D eigenvalue weighted by molar-refractivity contribution is 9.10. The Morgan fingerprint density at radius 3 is 2.39 bits per heavy atom. The fourth-order valence-corrected chi connectivity index (χ4v) is 3.42. The van der Waals surface area contributed by atoms with Gasteiger partial charge in [0.2, 0.25) is 10.0 Å². The summed E-state index contributed by atoms with van der Waals surface area (Å²) in [6, 6.07) is 1.45. The molecule has 1 aromatic rings. The van der Waals surface area contributed by atoms with Crippen molar-refractivity contribution in [1.29, 1.82) is 0 Å². The highest BCUT2D eigenvalue weighted by Crippen LogP contribution is 2.27. The van der Waals surface area contributed by atoms with Gasteiger partial charge in [-0.15, -0.1) is 0 Å². The maximum Gasteiger partial charge on any atom is 0.247 e. The van der Waals surface area contributed by atoms with E-state index in [1.807, 2.05) is 19.0 Å². The second-order valence-electron chi connectivity index (χ2n) is 4.18. The lowest BCUT2D eigenvalue weighted by atomic mass is 10.5. The first-order valence-corrected chi connectivity index (χ1v) is 7.61. The van der Waals surface area contributed by atoms with Gasteiger partial charge >= 0.3 is 0 Å². The molecule has 0 bridgehead atoms. The van der Waals surface area contributed by atoms with Crippen LogP contribution in [0, 0.1) is 0 Å². The van der Waals surface area contributed by atoms with Crippen LogP contribution in [0.2, 0.25) is 0 Å². The number of likely N-dealkylation sites (N-methyl/N-ethyl adjacent to an activating group) is 2. The molecule has 8 heteroatoms. The van der Waals surface area contributed by atoms with E-state index in [0.717, 1.165) is 0 Å². The summed E-state index contributed by atoms with van der Waals surface area (Å²) in [5, 5.41) is 0. The highest BCUT2D eigenvalue weighted by atomic mass is 79.9. The van der Waals surface area contributed by atoms with Crippen molar-refractivity contribution in [2.24, 2.45) is 5.73 Å². The quantitative estimate of drug-likeness (QED) is 0.824. The molecule has 0 fully saturated rings. The summed E-state index contributed by atoms with van der Waals surface area (Å²) in [5.74, 6) is 0.432.